The molecule has 3 fully saturated rings. The zero-order valence-corrected chi connectivity index (χ0v) is 14.2. The Morgan fingerprint density at radius 3 is 2.50 bits per heavy atom. The molecule has 3 rings (SSSR count). The lowest BCUT2D eigenvalue weighted by Gasteiger charge is -2.46. The Bertz CT molecular complexity index is 509. The summed E-state index contributed by atoms with van der Waals surface area (Å²) in [5.41, 5.74) is 1.22. The zero-order chi connectivity index (χ0) is 16.3. The van der Waals surface area contributed by atoms with E-state index in [0.717, 1.165) is 12.3 Å². The molecule has 3 aliphatic carbocycles. The van der Waals surface area contributed by atoms with Crippen LogP contribution in [0.4, 0.5) is 0 Å². The van der Waals surface area contributed by atoms with E-state index >= 15 is 0 Å². The minimum Gasteiger partial charge on any atom is -0.478 e. The van der Waals surface area contributed by atoms with Gasteiger partial charge in [-0.2, -0.15) is 0 Å². The van der Waals surface area contributed by atoms with Gasteiger partial charge < -0.3 is 10.2 Å². The number of aliphatic hydroxyl groups excluding tert-OH is 1. The van der Waals surface area contributed by atoms with Crippen molar-refractivity contribution in [3.05, 3.63) is 12.2 Å². The second-order valence-electron chi connectivity index (χ2n) is 9.01. The molecule has 3 saturated carbocycles. The Morgan fingerprint density at radius 1 is 1.27 bits per heavy atom. The third-order valence-electron chi connectivity index (χ3n) is 7.81. The molecule has 0 saturated heterocycles. The first-order chi connectivity index (χ1) is 10.1. The second-order valence-corrected chi connectivity index (χ2v) is 9.01. The second kappa shape index (κ2) is 4.83. The van der Waals surface area contributed by atoms with Crippen molar-refractivity contribution in [1.29, 1.82) is 0 Å². The number of aliphatic hydroxyl groups is 1. The molecule has 0 heterocycles. The van der Waals surface area contributed by atoms with Crippen LogP contribution in [0.15, 0.2) is 12.2 Å². The molecule has 22 heavy (non-hydrogen) atoms. The van der Waals surface area contributed by atoms with E-state index in [0.29, 0.717) is 28.6 Å². The van der Waals surface area contributed by atoms with Gasteiger partial charge in [-0.25, -0.2) is 4.79 Å². The standard InChI is InChI=1S/C19H30O3/c1-12(16(21)22)15(20)9-13-8-14-11-19(14,10-13)18(4)7-5-6-17(18,2)3/h13-15,20H,1,5-11H2,2-4H3,(H,21,22). The third-order valence-corrected chi connectivity index (χ3v) is 7.81. The SMILES string of the molecule is C=C(C(=O)O)C(O)CC1CC2CC2(C2(C)CCCC2(C)C)C1. The Kier molecular flexibility index (Phi) is 3.52. The van der Waals surface area contributed by atoms with Crippen LogP contribution in [-0.2, 0) is 4.79 Å². The quantitative estimate of drug-likeness (QED) is 0.754. The lowest BCUT2D eigenvalue weighted by molar-refractivity contribution is -0.133. The summed E-state index contributed by atoms with van der Waals surface area (Å²) in [7, 11) is 0. The lowest BCUT2D eigenvalue weighted by Crippen LogP contribution is -2.39. The van der Waals surface area contributed by atoms with Gasteiger partial charge in [0.25, 0.3) is 0 Å². The van der Waals surface area contributed by atoms with Crippen molar-refractivity contribution in [2.24, 2.45) is 28.1 Å². The number of rotatable bonds is 5. The molecule has 3 heteroatoms. The summed E-state index contributed by atoms with van der Waals surface area (Å²) in [5.74, 6) is 0.178. The molecule has 0 aromatic carbocycles. The van der Waals surface area contributed by atoms with Crippen molar-refractivity contribution in [3.8, 4) is 0 Å². The Morgan fingerprint density at radius 2 is 1.95 bits per heavy atom. The molecule has 2 N–H and O–H groups in total. The van der Waals surface area contributed by atoms with E-state index in [1.165, 1.54) is 32.1 Å². The van der Waals surface area contributed by atoms with Crippen molar-refractivity contribution in [2.45, 2.75) is 71.8 Å². The van der Waals surface area contributed by atoms with Gasteiger partial charge >= 0.3 is 5.97 Å². The Balaban J connectivity index is 1.69. The normalized spacial score (nSPS) is 43.6. The predicted molar refractivity (Wildman–Crippen MR) is 86.4 cm³/mol. The molecule has 0 amide bonds. The van der Waals surface area contributed by atoms with E-state index in [-0.39, 0.29) is 5.57 Å². The van der Waals surface area contributed by atoms with Crippen LogP contribution in [0.1, 0.15) is 65.7 Å². The first-order valence-electron chi connectivity index (χ1n) is 8.73. The molecule has 5 unspecified atom stereocenters. The van der Waals surface area contributed by atoms with Crippen LogP contribution >= 0.6 is 0 Å². The number of aliphatic carboxylic acids is 1. The molecule has 0 aromatic heterocycles. The highest BCUT2D eigenvalue weighted by molar-refractivity contribution is 5.86. The van der Waals surface area contributed by atoms with Crippen molar-refractivity contribution in [2.75, 3.05) is 0 Å². The minimum atomic E-state index is -1.07. The van der Waals surface area contributed by atoms with Crippen molar-refractivity contribution >= 4 is 5.97 Å². The van der Waals surface area contributed by atoms with Gasteiger partial charge in [-0.15, -0.1) is 0 Å². The molecular formula is C19H30O3. The number of carbonyl (C=O) groups is 1. The maximum Gasteiger partial charge on any atom is 0.333 e. The summed E-state index contributed by atoms with van der Waals surface area (Å²) in [5, 5.41) is 19.0. The van der Waals surface area contributed by atoms with Crippen LogP contribution in [-0.4, -0.2) is 22.3 Å². The molecule has 0 spiro atoms. The molecule has 3 nitrogen and oxygen atoms in total. The van der Waals surface area contributed by atoms with Gasteiger partial charge in [-0.3, -0.25) is 0 Å². The molecular weight excluding hydrogens is 276 g/mol. The topological polar surface area (TPSA) is 57.5 Å². The number of fused-ring (bicyclic) bond motifs is 1. The van der Waals surface area contributed by atoms with Gasteiger partial charge in [0.05, 0.1) is 11.7 Å². The summed E-state index contributed by atoms with van der Waals surface area (Å²) in [6.45, 7) is 10.9. The van der Waals surface area contributed by atoms with Gasteiger partial charge in [-0.1, -0.05) is 33.8 Å². The summed E-state index contributed by atoms with van der Waals surface area (Å²) < 4.78 is 0. The number of hydrogen-bond donors (Lipinski definition) is 2. The van der Waals surface area contributed by atoms with Crippen LogP contribution in [0.25, 0.3) is 0 Å². The number of carboxylic acids is 1. The molecule has 0 aromatic rings. The van der Waals surface area contributed by atoms with Gasteiger partial charge in [-0.05, 0) is 66.6 Å². The zero-order valence-electron chi connectivity index (χ0n) is 14.2. The summed E-state index contributed by atoms with van der Waals surface area (Å²) >= 11 is 0. The van der Waals surface area contributed by atoms with Gasteiger partial charge in [0.1, 0.15) is 0 Å². The fraction of sp³-hybridized carbons (Fsp3) is 0.842. The summed E-state index contributed by atoms with van der Waals surface area (Å²) in [6.07, 6.45) is 7.34. The van der Waals surface area contributed by atoms with Crippen LogP contribution < -0.4 is 0 Å². The van der Waals surface area contributed by atoms with Crippen LogP contribution in [0.2, 0.25) is 0 Å². The fourth-order valence-electron chi connectivity index (χ4n) is 6.04. The average molecular weight is 306 g/mol. The van der Waals surface area contributed by atoms with Gasteiger partial charge in [0.15, 0.2) is 0 Å². The molecule has 124 valence electrons. The minimum absolute atomic E-state index is 0.0537. The van der Waals surface area contributed by atoms with Crippen LogP contribution in [0, 0.1) is 28.1 Å². The highest BCUT2D eigenvalue weighted by atomic mass is 16.4. The van der Waals surface area contributed by atoms with Crippen LogP contribution in [0.3, 0.4) is 0 Å². The number of hydrogen-bond acceptors (Lipinski definition) is 2. The maximum atomic E-state index is 10.9. The molecule has 0 bridgehead atoms. The Labute approximate surface area is 133 Å². The smallest absolute Gasteiger partial charge is 0.333 e. The first kappa shape index (κ1) is 16.0. The van der Waals surface area contributed by atoms with E-state index in [9.17, 15) is 9.90 Å². The van der Waals surface area contributed by atoms with E-state index in [2.05, 4.69) is 27.4 Å². The largest absolute Gasteiger partial charge is 0.478 e. The summed E-state index contributed by atoms with van der Waals surface area (Å²) in [6, 6.07) is 0. The summed E-state index contributed by atoms with van der Waals surface area (Å²) in [4.78, 5) is 10.9. The average Bonchev–Trinajstić information content (AvgIpc) is 2.87. The van der Waals surface area contributed by atoms with Gasteiger partial charge in [0.2, 0.25) is 0 Å². The monoisotopic (exact) mass is 306 g/mol. The Hall–Kier alpha value is -0.830. The van der Waals surface area contributed by atoms with E-state index in [1.807, 2.05) is 0 Å². The number of carboxylic acid groups (broad SMARTS) is 1. The highest BCUT2D eigenvalue weighted by Crippen LogP contribution is 2.79. The lowest BCUT2D eigenvalue weighted by atomic mass is 9.59. The molecule has 5 atom stereocenters. The van der Waals surface area contributed by atoms with E-state index in [4.69, 9.17) is 5.11 Å². The predicted octanol–water partition coefficient (Wildman–Crippen LogP) is 4.01. The third kappa shape index (κ3) is 2.08. The highest BCUT2D eigenvalue weighted by Gasteiger charge is 2.71. The van der Waals surface area contributed by atoms with Crippen molar-refractivity contribution in [1.82, 2.24) is 0 Å². The van der Waals surface area contributed by atoms with E-state index < -0.39 is 12.1 Å². The molecule has 0 aliphatic heterocycles. The van der Waals surface area contributed by atoms with Crippen LogP contribution in [0.5, 0.6) is 0 Å². The first-order valence-corrected chi connectivity index (χ1v) is 8.73. The molecule has 3 aliphatic rings. The maximum absolute atomic E-state index is 10.9. The van der Waals surface area contributed by atoms with Crippen molar-refractivity contribution < 1.29 is 15.0 Å². The fourth-order valence-corrected chi connectivity index (χ4v) is 6.04. The van der Waals surface area contributed by atoms with E-state index in [1.54, 1.807) is 0 Å². The molecule has 0 radical (unpaired) electrons. The van der Waals surface area contributed by atoms with Gasteiger partial charge in [0, 0.05) is 0 Å². The van der Waals surface area contributed by atoms with Crippen molar-refractivity contribution in [3.63, 3.8) is 0 Å².